The molecule has 0 saturated heterocycles. The predicted molar refractivity (Wildman–Crippen MR) is 76.3 cm³/mol. The lowest BCUT2D eigenvalue weighted by Crippen LogP contribution is -2.11. The minimum Gasteiger partial charge on any atom is -0.0851 e. The summed E-state index contributed by atoms with van der Waals surface area (Å²) < 4.78 is 0. The van der Waals surface area contributed by atoms with Crippen molar-refractivity contribution in [2.24, 2.45) is 35.5 Å². The number of allylic oxidation sites excluding steroid dienone is 2. The first kappa shape index (κ1) is 11.6. The third-order valence-electron chi connectivity index (χ3n) is 6.70. The highest BCUT2D eigenvalue weighted by atomic mass is 14.4. The van der Waals surface area contributed by atoms with E-state index >= 15 is 0 Å². The van der Waals surface area contributed by atoms with E-state index in [4.69, 9.17) is 0 Å². The molecule has 0 spiro atoms. The minimum absolute atomic E-state index is 0.977. The third kappa shape index (κ3) is 2.06. The van der Waals surface area contributed by atoms with Crippen molar-refractivity contribution in [1.82, 2.24) is 0 Å². The SMILES string of the molecule is C1=CC2CC1CC2CCCCC1CC2CCC1C2. The molecule has 0 N–H and O–H groups in total. The molecule has 0 aromatic rings. The van der Waals surface area contributed by atoms with Crippen molar-refractivity contribution in [2.45, 2.75) is 64.2 Å². The second-order valence-electron chi connectivity index (χ2n) is 7.76. The molecule has 3 saturated carbocycles. The average molecular weight is 244 g/mol. The first-order valence-electron chi connectivity index (χ1n) is 8.57. The van der Waals surface area contributed by atoms with Gasteiger partial charge in [-0.3, -0.25) is 0 Å². The Hall–Kier alpha value is -0.260. The zero-order chi connectivity index (χ0) is 11.9. The Labute approximate surface area is 112 Å². The van der Waals surface area contributed by atoms with Gasteiger partial charge in [0.15, 0.2) is 0 Å². The number of rotatable bonds is 5. The van der Waals surface area contributed by atoms with Gasteiger partial charge in [-0.2, -0.15) is 0 Å². The topological polar surface area (TPSA) is 0 Å². The molecule has 0 heterocycles. The molecule has 0 aromatic heterocycles. The quantitative estimate of drug-likeness (QED) is 0.461. The normalized spacial score (nSPS) is 48.4. The number of unbranched alkanes of at least 4 members (excludes halogenated alkanes) is 1. The van der Waals surface area contributed by atoms with Crippen LogP contribution in [0.4, 0.5) is 0 Å². The molecule has 0 nitrogen and oxygen atoms in total. The third-order valence-corrected chi connectivity index (χ3v) is 6.70. The molecule has 6 atom stereocenters. The summed E-state index contributed by atoms with van der Waals surface area (Å²) in [5.41, 5.74) is 0. The van der Waals surface area contributed by atoms with Crippen LogP contribution in [0.1, 0.15) is 64.2 Å². The second-order valence-corrected chi connectivity index (χ2v) is 7.76. The molecule has 0 radical (unpaired) electrons. The van der Waals surface area contributed by atoms with Gasteiger partial charge >= 0.3 is 0 Å². The van der Waals surface area contributed by atoms with Gasteiger partial charge < -0.3 is 0 Å². The van der Waals surface area contributed by atoms with E-state index in [1.54, 1.807) is 32.1 Å². The standard InChI is InChI=1S/C18H28/c1(3-15-9-13-5-7-17(15)11-13)2-4-16-10-14-6-8-18(16)12-14/h5,7,13-18H,1-4,6,8-12H2. The lowest BCUT2D eigenvalue weighted by atomic mass is 9.83. The highest BCUT2D eigenvalue weighted by Crippen LogP contribution is 2.50. The smallest absolute Gasteiger partial charge is 0.0199 e. The lowest BCUT2D eigenvalue weighted by molar-refractivity contribution is 0.298. The molecule has 4 aliphatic rings. The van der Waals surface area contributed by atoms with Crippen molar-refractivity contribution in [3.63, 3.8) is 0 Å². The maximum atomic E-state index is 2.52. The number of hydrogen-bond donors (Lipinski definition) is 0. The largest absolute Gasteiger partial charge is 0.0851 e. The van der Waals surface area contributed by atoms with Crippen LogP contribution in [0.25, 0.3) is 0 Å². The minimum atomic E-state index is 0.977. The fourth-order valence-electron chi connectivity index (χ4n) is 5.77. The van der Waals surface area contributed by atoms with Gasteiger partial charge in [0.1, 0.15) is 0 Å². The molecule has 18 heavy (non-hydrogen) atoms. The van der Waals surface area contributed by atoms with E-state index in [9.17, 15) is 0 Å². The van der Waals surface area contributed by atoms with Crippen LogP contribution in [-0.2, 0) is 0 Å². The summed E-state index contributed by atoms with van der Waals surface area (Å²) in [7, 11) is 0. The second kappa shape index (κ2) is 4.69. The van der Waals surface area contributed by atoms with Gasteiger partial charge in [-0.25, -0.2) is 0 Å². The van der Waals surface area contributed by atoms with Crippen LogP contribution in [-0.4, -0.2) is 0 Å². The Bertz CT molecular complexity index is 329. The van der Waals surface area contributed by atoms with Gasteiger partial charge in [0, 0.05) is 0 Å². The van der Waals surface area contributed by atoms with Crippen molar-refractivity contribution in [3.8, 4) is 0 Å². The number of hydrogen-bond acceptors (Lipinski definition) is 0. The molecule has 4 bridgehead atoms. The van der Waals surface area contributed by atoms with Crippen molar-refractivity contribution >= 4 is 0 Å². The van der Waals surface area contributed by atoms with E-state index in [0.717, 1.165) is 35.5 Å². The maximum absolute atomic E-state index is 2.52. The summed E-state index contributed by atoms with van der Waals surface area (Å²) in [6, 6.07) is 0. The summed E-state index contributed by atoms with van der Waals surface area (Å²) in [6.07, 6.45) is 20.5. The Balaban J connectivity index is 1.16. The Morgan fingerprint density at radius 3 is 2.28 bits per heavy atom. The maximum Gasteiger partial charge on any atom is -0.0199 e. The van der Waals surface area contributed by atoms with Gasteiger partial charge in [-0.05, 0) is 74.0 Å². The van der Waals surface area contributed by atoms with Crippen LogP contribution in [0.15, 0.2) is 12.2 Å². The molecule has 6 unspecified atom stereocenters. The molecular weight excluding hydrogens is 216 g/mol. The fourth-order valence-corrected chi connectivity index (χ4v) is 5.77. The molecule has 4 rings (SSSR count). The van der Waals surface area contributed by atoms with Crippen LogP contribution < -0.4 is 0 Å². The molecule has 0 amide bonds. The van der Waals surface area contributed by atoms with Crippen molar-refractivity contribution in [3.05, 3.63) is 12.2 Å². The summed E-state index contributed by atoms with van der Waals surface area (Å²) in [5.74, 6) is 6.47. The van der Waals surface area contributed by atoms with E-state index in [1.807, 2.05) is 0 Å². The summed E-state index contributed by atoms with van der Waals surface area (Å²) in [6.45, 7) is 0. The Morgan fingerprint density at radius 2 is 1.67 bits per heavy atom. The van der Waals surface area contributed by atoms with Crippen LogP contribution >= 0.6 is 0 Å². The Morgan fingerprint density at radius 1 is 0.778 bits per heavy atom. The van der Waals surface area contributed by atoms with Gasteiger partial charge in [-0.15, -0.1) is 0 Å². The zero-order valence-electron chi connectivity index (χ0n) is 11.7. The van der Waals surface area contributed by atoms with Crippen molar-refractivity contribution in [1.29, 1.82) is 0 Å². The predicted octanol–water partition coefficient (Wildman–Crippen LogP) is 5.20. The highest BCUT2D eigenvalue weighted by molar-refractivity contribution is 5.09. The monoisotopic (exact) mass is 244 g/mol. The van der Waals surface area contributed by atoms with Crippen molar-refractivity contribution in [2.75, 3.05) is 0 Å². The van der Waals surface area contributed by atoms with Gasteiger partial charge in [0.2, 0.25) is 0 Å². The van der Waals surface area contributed by atoms with E-state index in [-0.39, 0.29) is 0 Å². The fraction of sp³-hybridized carbons (Fsp3) is 0.889. The van der Waals surface area contributed by atoms with Gasteiger partial charge in [0.05, 0.1) is 0 Å². The molecule has 0 aromatic carbocycles. The first-order valence-corrected chi connectivity index (χ1v) is 8.57. The highest BCUT2D eigenvalue weighted by Gasteiger charge is 2.39. The summed E-state index contributed by atoms with van der Waals surface area (Å²) in [5, 5.41) is 0. The number of fused-ring (bicyclic) bond motifs is 4. The lowest BCUT2D eigenvalue weighted by Gasteiger charge is -2.22. The zero-order valence-corrected chi connectivity index (χ0v) is 11.7. The van der Waals surface area contributed by atoms with E-state index in [2.05, 4.69) is 12.2 Å². The van der Waals surface area contributed by atoms with Gasteiger partial charge in [0.25, 0.3) is 0 Å². The van der Waals surface area contributed by atoms with Crippen molar-refractivity contribution < 1.29 is 0 Å². The summed E-state index contributed by atoms with van der Waals surface area (Å²) in [4.78, 5) is 0. The first-order chi connectivity index (χ1) is 8.88. The molecular formula is C18H28. The van der Waals surface area contributed by atoms with E-state index in [0.29, 0.717) is 0 Å². The molecule has 4 aliphatic carbocycles. The van der Waals surface area contributed by atoms with Crippen LogP contribution in [0, 0.1) is 35.5 Å². The molecule has 0 aliphatic heterocycles. The van der Waals surface area contributed by atoms with Crippen LogP contribution in [0.5, 0.6) is 0 Å². The molecule has 100 valence electrons. The molecule has 3 fully saturated rings. The van der Waals surface area contributed by atoms with E-state index < -0.39 is 0 Å². The van der Waals surface area contributed by atoms with Crippen LogP contribution in [0.2, 0.25) is 0 Å². The average Bonchev–Trinajstić information content (AvgIpc) is 3.13. The van der Waals surface area contributed by atoms with E-state index in [1.165, 1.54) is 32.1 Å². The Kier molecular flexibility index (Phi) is 3.01. The summed E-state index contributed by atoms with van der Waals surface area (Å²) >= 11 is 0. The molecule has 0 heteroatoms. The van der Waals surface area contributed by atoms with Crippen LogP contribution in [0.3, 0.4) is 0 Å². The van der Waals surface area contributed by atoms with Gasteiger partial charge in [-0.1, -0.05) is 37.8 Å².